The topological polar surface area (TPSA) is 75.6 Å². The maximum Gasteiger partial charge on any atom is 0.150 e. The predicted octanol–water partition coefficient (Wildman–Crippen LogP) is -0.0593. The third-order valence-electron chi connectivity index (χ3n) is 3.15. The van der Waals surface area contributed by atoms with Crippen molar-refractivity contribution in [1.82, 2.24) is 5.32 Å². The summed E-state index contributed by atoms with van der Waals surface area (Å²) in [5.41, 5.74) is 0. The Balaban J connectivity index is 2.21. The summed E-state index contributed by atoms with van der Waals surface area (Å²) < 4.78 is 28.1. The lowest BCUT2D eigenvalue weighted by Gasteiger charge is -2.28. The van der Waals surface area contributed by atoms with Crippen molar-refractivity contribution in [2.24, 2.45) is 0 Å². The van der Waals surface area contributed by atoms with Crippen molar-refractivity contribution in [3.8, 4) is 0 Å². The monoisotopic (exact) mass is 265 g/mol. The van der Waals surface area contributed by atoms with Crippen molar-refractivity contribution in [1.29, 1.82) is 0 Å². The smallest absolute Gasteiger partial charge is 0.150 e. The van der Waals surface area contributed by atoms with Gasteiger partial charge in [0.05, 0.1) is 25.1 Å². The molecule has 1 saturated carbocycles. The Bertz CT molecular complexity index is 305. The lowest BCUT2D eigenvalue weighted by Crippen LogP contribution is -2.40. The van der Waals surface area contributed by atoms with Crippen LogP contribution in [0.15, 0.2) is 0 Å². The van der Waals surface area contributed by atoms with Crippen LogP contribution in [-0.4, -0.2) is 57.4 Å². The molecule has 5 nitrogen and oxygen atoms in total. The van der Waals surface area contributed by atoms with Crippen LogP contribution in [0.3, 0.4) is 0 Å². The highest BCUT2D eigenvalue weighted by atomic mass is 32.2. The van der Waals surface area contributed by atoms with Gasteiger partial charge in [-0.05, 0) is 19.3 Å². The van der Waals surface area contributed by atoms with Gasteiger partial charge in [0, 0.05) is 18.8 Å². The Kier molecular flexibility index (Phi) is 6.40. The van der Waals surface area contributed by atoms with E-state index in [1.54, 1.807) is 0 Å². The fourth-order valence-electron chi connectivity index (χ4n) is 2.22. The first-order valence-electron chi connectivity index (χ1n) is 6.15. The molecule has 0 radical (unpaired) electrons. The molecular formula is C11H23NO4S. The van der Waals surface area contributed by atoms with Gasteiger partial charge in [0.25, 0.3) is 0 Å². The van der Waals surface area contributed by atoms with Gasteiger partial charge < -0.3 is 15.2 Å². The molecular weight excluding hydrogens is 242 g/mol. The van der Waals surface area contributed by atoms with Crippen LogP contribution < -0.4 is 5.32 Å². The van der Waals surface area contributed by atoms with E-state index in [9.17, 15) is 8.42 Å². The zero-order valence-corrected chi connectivity index (χ0v) is 11.2. The Hall–Kier alpha value is -0.170. The fraction of sp³-hybridized carbons (Fsp3) is 1.00. The first kappa shape index (κ1) is 14.9. The van der Waals surface area contributed by atoms with Crippen LogP contribution in [0, 0.1) is 0 Å². The van der Waals surface area contributed by atoms with Crippen LogP contribution in [0.5, 0.6) is 0 Å². The molecule has 1 rings (SSSR count). The number of aliphatic hydroxyl groups excluding tert-OH is 1. The second-order valence-electron chi connectivity index (χ2n) is 4.61. The Morgan fingerprint density at radius 2 is 2.12 bits per heavy atom. The van der Waals surface area contributed by atoms with Crippen LogP contribution in [0.1, 0.15) is 25.7 Å². The summed E-state index contributed by atoms with van der Waals surface area (Å²) in [4.78, 5) is 0. The van der Waals surface area contributed by atoms with Crippen molar-refractivity contribution < 1.29 is 18.3 Å². The number of hydrogen-bond donors (Lipinski definition) is 2. The molecule has 0 aromatic rings. The van der Waals surface area contributed by atoms with E-state index in [2.05, 4.69) is 5.32 Å². The second kappa shape index (κ2) is 7.31. The minimum absolute atomic E-state index is 0.0413. The van der Waals surface area contributed by atoms with Gasteiger partial charge in [0.15, 0.2) is 0 Å². The largest absolute Gasteiger partial charge is 0.394 e. The van der Waals surface area contributed by atoms with Gasteiger partial charge >= 0.3 is 0 Å². The van der Waals surface area contributed by atoms with Gasteiger partial charge in [-0.15, -0.1) is 0 Å². The Morgan fingerprint density at radius 1 is 1.35 bits per heavy atom. The third-order valence-corrected chi connectivity index (χ3v) is 4.79. The third kappa shape index (κ3) is 5.81. The summed E-state index contributed by atoms with van der Waals surface area (Å²) >= 11 is 0. The number of sulfone groups is 1. The van der Waals surface area contributed by atoms with E-state index in [1.165, 1.54) is 6.26 Å². The predicted molar refractivity (Wildman–Crippen MR) is 66.8 cm³/mol. The van der Waals surface area contributed by atoms with Gasteiger partial charge in [0.2, 0.25) is 0 Å². The van der Waals surface area contributed by atoms with Crippen LogP contribution in [-0.2, 0) is 14.6 Å². The lowest BCUT2D eigenvalue weighted by molar-refractivity contribution is 0.0918. The summed E-state index contributed by atoms with van der Waals surface area (Å²) in [6.45, 7) is 1.67. The molecule has 0 bridgehead atoms. The molecule has 0 aromatic heterocycles. The molecule has 0 saturated heterocycles. The van der Waals surface area contributed by atoms with Gasteiger partial charge in [-0.25, -0.2) is 8.42 Å². The quantitative estimate of drug-likeness (QED) is 0.631. The first-order chi connectivity index (χ1) is 8.04. The summed E-state index contributed by atoms with van der Waals surface area (Å²) in [7, 11) is -2.90. The highest BCUT2D eigenvalue weighted by Gasteiger charge is 2.28. The average molecular weight is 265 g/mol. The van der Waals surface area contributed by atoms with Crippen molar-refractivity contribution in [2.75, 3.05) is 32.6 Å². The molecule has 1 fully saturated rings. The van der Waals surface area contributed by atoms with Crippen LogP contribution in [0.25, 0.3) is 0 Å². The van der Waals surface area contributed by atoms with Gasteiger partial charge in [0.1, 0.15) is 9.84 Å². The molecule has 0 heterocycles. The number of hydrogen-bond acceptors (Lipinski definition) is 5. The van der Waals surface area contributed by atoms with Crippen molar-refractivity contribution in [3.05, 3.63) is 0 Å². The van der Waals surface area contributed by atoms with E-state index >= 15 is 0 Å². The molecule has 2 N–H and O–H groups in total. The number of rotatable bonds is 7. The van der Waals surface area contributed by atoms with E-state index in [0.717, 1.165) is 19.3 Å². The molecule has 6 heteroatoms. The summed E-state index contributed by atoms with van der Waals surface area (Å²) in [6.07, 6.45) is 4.82. The van der Waals surface area contributed by atoms with Gasteiger partial charge in [-0.3, -0.25) is 0 Å². The molecule has 0 amide bonds. The fourth-order valence-corrected chi connectivity index (χ4v) is 3.40. The zero-order chi connectivity index (χ0) is 12.7. The first-order valence-corrected chi connectivity index (χ1v) is 8.10. The Morgan fingerprint density at radius 3 is 2.76 bits per heavy atom. The highest BCUT2D eigenvalue weighted by Crippen LogP contribution is 2.23. The van der Waals surface area contributed by atoms with Crippen molar-refractivity contribution in [3.63, 3.8) is 0 Å². The second-order valence-corrected chi connectivity index (χ2v) is 6.93. The zero-order valence-electron chi connectivity index (χ0n) is 10.4. The van der Waals surface area contributed by atoms with E-state index < -0.39 is 9.84 Å². The standard InChI is InChI=1S/C11H23NO4S/c1-17(14,15)11-4-2-3-10(9-11)12-5-7-16-8-6-13/h10-13H,2-9H2,1H3. The molecule has 2 atom stereocenters. The van der Waals surface area contributed by atoms with Crippen molar-refractivity contribution in [2.45, 2.75) is 37.0 Å². The van der Waals surface area contributed by atoms with Gasteiger partial charge in [-0.2, -0.15) is 0 Å². The number of nitrogens with one attached hydrogen (secondary N) is 1. The average Bonchev–Trinajstić information content (AvgIpc) is 2.28. The molecule has 17 heavy (non-hydrogen) atoms. The molecule has 0 aliphatic heterocycles. The molecule has 1 aliphatic carbocycles. The van der Waals surface area contributed by atoms with E-state index in [4.69, 9.17) is 9.84 Å². The van der Waals surface area contributed by atoms with E-state index in [0.29, 0.717) is 26.2 Å². The maximum absolute atomic E-state index is 11.5. The summed E-state index contributed by atoms with van der Waals surface area (Å²) in [6, 6.07) is 0.279. The summed E-state index contributed by atoms with van der Waals surface area (Å²) in [5, 5.41) is 11.7. The SMILES string of the molecule is CS(=O)(=O)C1CCCC(NCCOCCO)C1. The molecule has 2 unspecified atom stereocenters. The van der Waals surface area contributed by atoms with Crippen LogP contribution >= 0.6 is 0 Å². The minimum Gasteiger partial charge on any atom is -0.394 e. The molecule has 1 aliphatic rings. The minimum atomic E-state index is -2.90. The molecule has 0 aromatic carbocycles. The van der Waals surface area contributed by atoms with Crippen LogP contribution in [0.2, 0.25) is 0 Å². The van der Waals surface area contributed by atoms with Crippen molar-refractivity contribution >= 4 is 9.84 Å². The molecule has 0 spiro atoms. The number of aliphatic hydroxyl groups is 1. The maximum atomic E-state index is 11.5. The highest BCUT2D eigenvalue weighted by molar-refractivity contribution is 7.91. The van der Waals surface area contributed by atoms with E-state index in [1.807, 2.05) is 0 Å². The summed E-state index contributed by atoms with van der Waals surface area (Å²) in [5.74, 6) is 0. The Labute approximate surface area is 103 Å². The number of ether oxygens (including phenoxy) is 1. The lowest BCUT2D eigenvalue weighted by atomic mass is 9.95. The van der Waals surface area contributed by atoms with Crippen LogP contribution in [0.4, 0.5) is 0 Å². The molecule has 102 valence electrons. The van der Waals surface area contributed by atoms with E-state index in [-0.39, 0.29) is 17.9 Å². The normalized spacial score (nSPS) is 26.0. The van der Waals surface area contributed by atoms with Gasteiger partial charge in [-0.1, -0.05) is 6.42 Å².